The maximum atomic E-state index is 5.69. The maximum Gasteiger partial charge on any atom is 0.243 e. The number of nitrogens with one attached hydrogen (secondary N) is 2. The van der Waals surface area contributed by atoms with Crippen LogP contribution in [0.2, 0.25) is 0 Å². The fraction of sp³-hybridized carbons (Fsp3) is 0.625. The number of hydrogen-bond acceptors (Lipinski definition) is 5. The Hall–Kier alpha value is -1.78. The van der Waals surface area contributed by atoms with Crippen molar-refractivity contribution in [3.8, 4) is 5.88 Å². The van der Waals surface area contributed by atoms with Gasteiger partial charge in [0.15, 0.2) is 11.6 Å². The van der Waals surface area contributed by atoms with E-state index in [1.807, 2.05) is 6.08 Å². The first-order valence-corrected chi connectivity index (χ1v) is 8.08. The molecule has 0 amide bonds. The van der Waals surface area contributed by atoms with Gasteiger partial charge in [0.05, 0.1) is 0 Å². The summed E-state index contributed by atoms with van der Waals surface area (Å²) in [5.41, 5.74) is 0.917. The molecule has 1 saturated carbocycles. The SMILES string of the molecule is CCC/C=C/c1nc(NC2CCCC2)c2c(n1)OCCN2. The first kappa shape index (κ1) is 14.2. The lowest BCUT2D eigenvalue weighted by atomic mass is 10.2. The van der Waals surface area contributed by atoms with Gasteiger partial charge in [0.2, 0.25) is 5.88 Å². The van der Waals surface area contributed by atoms with Crippen LogP contribution in [0.15, 0.2) is 6.08 Å². The molecule has 2 aliphatic rings. The summed E-state index contributed by atoms with van der Waals surface area (Å²) < 4.78 is 5.69. The van der Waals surface area contributed by atoms with Gasteiger partial charge in [0, 0.05) is 12.6 Å². The number of ether oxygens (including phenoxy) is 1. The highest BCUT2D eigenvalue weighted by molar-refractivity contribution is 5.72. The van der Waals surface area contributed by atoms with Crippen LogP contribution in [-0.4, -0.2) is 29.2 Å². The Morgan fingerprint density at radius 1 is 1.33 bits per heavy atom. The fourth-order valence-electron chi connectivity index (χ4n) is 2.84. The third-order valence-corrected chi connectivity index (χ3v) is 3.95. The van der Waals surface area contributed by atoms with Crippen LogP contribution in [0.1, 0.15) is 51.3 Å². The number of unbranched alkanes of at least 4 members (excludes halogenated alkanes) is 1. The molecule has 3 rings (SSSR count). The van der Waals surface area contributed by atoms with Crippen LogP contribution in [0.5, 0.6) is 5.88 Å². The zero-order chi connectivity index (χ0) is 14.5. The largest absolute Gasteiger partial charge is 0.474 e. The van der Waals surface area contributed by atoms with Crippen molar-refractivity contribution in [2.24, 2.45) is 0 Å². The highest BCUT2D eigenvalue weighted by Gasteiger charge is 2.22. The summed E-state index contributed by atoms with van der Waals surface area (Å²) in [7, 11) is 0. The summed E-state index contributed by atoms with van der Waals surface area (Å²) in [4.78, 5) is 9.17. The van der Waals surface area contributed by atoms with E-state index in [0.29, 0.717) is 18.5 Å². The zero-order valence-corrected chi connectivity index (χ0v) is 12.7. The summed E-state index contributed by atoms with van der Waals surface area (Å²) in [5.74, 6) is 2.29. The Kier molecular flexibility index (Phi) is 4.58. The van der Waals surface area contributed by atoms with Gasteiger partial charge in [-0.1, -0.05) is 32.3 Å². The van der Waals surface area contributed by atoms with Gasteiger partial charge < -0.3 is 15.4 Å². The molecule has 1 aliphatic carbocycles. The van der Waals surface area contributed by atoms with Crippen molar-refractivity contribution in [2.75, 3.05) is 23.8 Å². The molecule has 0 radical (unpaired) electrons. The number of fused-ring (bicyclic) bond motifs is 1. The fourth-order valence-corrected chi connectivity index (χ4v) is 2.84. The third-order valence-electron chi connectivity index (χ3n) is 3.95. The van der Waals surface area contributed by atoms with Gasteiger partial charge in [-0.25, -0.2) is 4.98 Å². The normalized spacial score (nSPS) is 18.3. The third kappa shape index (κ3) is 3.46. The molecule has 0 bridgehead atoms. The van der Waals surface area contributed by atoms with Crippen LogP contribution in [0, 0.1) is 0 Å². The van der Waals surface area contributed by atoms with Crippen molar-refractivity contribution in [1.82, 2.24) is 9.97 Å². The summed E-state index contributed by atoms with van der Waals surface area (Å²) in [6, 6.07) is 0.528. The van der Waals surface area contributed by atoms with Crippen LogP contribution in [0.25, 0.3) is 6.08 Å². The van der Waals surface area contributed by atoms with E-state index < -0.39 is 0 Å². The molecule has 1 aromatic heterocycles. The van der Waals surface area contributed by atoms with Crippen molar-refractivity contribution in [2.45, 2.75) is 51.5 Å². The molecular formula is C16H24N4O. The standard InChI is InChI=1S/C16H24N4O/c1-2-3-4-9-13-19-15(18-12-7-5-6-8-12)14-16(20-13)21-11-10-17-14/h4,9,12,17H,2-3,5-8,10-11H2,1H3,(H,18,19,20)/b9-4+. The molecule has 1 fully saturated rings. The topological polar surface area (TPSA) is 59.1 Å². The molecule has 21 heavy (non-hydrogen) atoms. The first-order chi connectivity index (χ1) is 10.4. The second kappa shape index (κ2) is 6.78. The van der Waals surface area contributed by atoms with E-state index in [1.165, 1.54) is 25.7 Å². The lowest BCUT2D eigenvalue weighted by Crippen LogP contribution is -2.24. The Labute approximate surface area is 126 Å². The number of nitrogens with zero attached hydrogens (tertiary/aromatic N) is 2. The molecule has 114 valence electrons. The molecule has 0 atom stereocenters. The van der Waals surface area contributed by atoms with Crippen LogP contribution < -0.4 is 15.4 Å². The molecule has 2 heterocycles. The number of anilines is 2. The number of allylic oxidation sites excluding steroid dienone is 1. The highest BCUT2D eigenvalue weighted by Crippen LogP contribution is 2.34. The molecule has 5 heteroatoms. The van der Waals surface area contributed by atoms with E-state index in [-0.39, 0.29) is 0 Å². The van der Waals surface area contributed by atoms with E-state index in [2.05, 4.69) is 33.6 Å². The lowest BCUT2D eigenvalue weighted by Gasteiger charge is -2.23. The average molecular weight is 288 g/mol. The monoisotopic (exact) mass is 288 g/mol. The molecule has 1 aromatic rings. The maximum absolute atomic E-state index is 5.69. The van der Waals surface area contributed by atoms with Gasteiger partial charge in [-0.3, -0.25) is 0 Å². The van der Waals surface area contributed by atoms with Gasteiger partial charge >= 0.3 is 0 Å². The molecule has 0 aromatic carbocycles. The Morgan fingerprint density at radius 2 is 2.19 bits per heavy atom. The zero-order valence-electron chi connectivity index (χ0n) is 12.7. The minimum absolute atomic E-state index is 0.528. The second-order valence-corrected chi connectivity index (χ2v) is 5.70. The molecule has 2 N–H and O–H groups in total. The van der Waals surface area contributed by atoms with E-state index in [1.54, 1.807) is 0 Å². The number of aromatic nitrogens is 2. The van der Waals surface area contributed by atoms with E-state index in [4.69, 9.17) is 4.74 Å². The predicted octanol–water partition coefficient (Wildman–Crippen LogP) is 3.45. The van der Waals surface area contributed by atoms with E-state index in [0.717, 1.165) is 36.7 Å². The van der Waals surface area contributed by atoms with Crippen molar-refractivity contribution in [3.63, 3.8) is 0 Å². The second-order valence-electron chi connectivity index (χ2n) is 5.70. The predicted molar refractivity (Wildman–Crippen MR) is 85.8 cm³/mol. The van der Waals surface area contributed by atoms with Gasteiger partial charge in [-0.05, 0) is 25.3 Å². The van der Waals surface area contributed by atoms with Gasteiger partial charge in [-0.15, -0.1) is 0 Å². The molecule has 0 saturated heterocycles. The van der Waals surface area contributed by atoms with Gasteiger partial charge in [0.25, 0.3) is 0 Å². The summed E-state index contributed by atoms with van der Waals surface area (Å²) >= 11 is 0. The minimum atomic E-state index is 0.528. The molecule has 5 nitrogen and oxygen atoms in total. The van der Waals surface area contributed by atoms with Crippen LogP contribution in [0.3, 0.4) is 0 Å². The van der Waals surface area contributed by atoms with Crippen molar-refractivity contribution >= 4 is 17.6 Å². The summed E-state index contributed by atoms with van der Waals surface area (Å²) in [5, 5.41) is 6.94. The Balaban J connectivity index is 1.85. The number of hydrogen-bond donors (Lipinski definition) is 2. The average Bonchev–Trinajstić information content (AvgIpc) is 3.01. The molecule has 0 unspecified atom stereocenters. The summed E-state index contributed by atoms with van der Waals surface area (Å²) in [6.45, 7) is 3.63. The first-order valence-electron chi connectivity index (χ1n) is 8.08. The van der Waals surface area contributed by atoms with Gasteiger partial charge in [-0.2, -0.15) is 4.98 Å². The molecular weight excluding hydrogens is 264 g/mol. The molecule has 0 spiro atoms. The quantitative estimate of drug-likeness (QED) is 0.869. The number of rotatable bonds is 5. The smallest absolute Gasteiger partial charge is 0.243 e. The van der Waals surface area contributed by atoms with Crippen LogP contribution in [0.4, 0.5) is 11.5 Å². The van der Waals surface area contributed by atoms with Crippen molar-refractivity contribution < 1.29 is 4.74 Å². The van der Waals surface area contributed by atoms with Crippen molar-refractivity contribution in [1.29, 1.82) is 0 Å². The molecule has 1 aliphatic heterocycles. The van der Waals surface area contributed by atoms with E-state index >= 15 is 0 Å². The van der Waals surface area contributed by atoms with Crippen molar-refractivity contribution in [3.05, 3.63) is 11.9 Å². The Morgan fingerprint density at radius 3 is 3.00 bits per heavy atom. The highest BCUT2D eigenvalue weighted by atomic mass is 16.5. The van der Waals surface area contributed by atoms with E-state index in [9.17, 15) is 0 Å². The lowest BCUT2D eigenvalue weighted by molar-refractivity contribution is 0.309. The van der Waals surface area contributed by atoms with Crippen LogP contribution >= 0.6 is 0 Å². The summed E-state index contributed by atoms with van der Waals surface area (Å²) in [6.07, 6.45) is 11.3. The van der Waals surface area contributed by atoms with Crippen LogP contribution in [-0.2, 0) is 0 Å². The Bertz CT molecular complexity index is 509. The van der Waals surface area contributed by atoms with Gasteiger partial charge in [0.1, 0.15) is 12.3 Å². The minimum Gasteiger partial charge on any atom is -0.474 e.